The molecule has 0 saturated carbocycles. The highest BCUT2D eigenvalue weighted by Crippen LogP contribution is 2.22. The molecule has 0 heterocycles. The van der Waals surface area contributed by atoms with Gasteiger partial charge in [-0.1, -0.05) is 6.92 Å². The molecule has 0 aliphatic heterocycles. The number of alkyl halides is 4. The number of rotatable bonds is 9. The van der Waals surface area contributed by atoms with Crippen LogP contribution in [-0.2, 0) is 4.74 Å². The van der Waals surface area contributed by atoms with Crippen LogP contribution in [0.3, 0.4) is 0 Å². The Kier molecular flexibility index (Phi) is 7.66. The van der Waals surface area contributed by atoms with Gasteiger partial charge in [-0.3, -0.25) is 0 Å². The normalized spacial score (nSPS) is 14.4. The zero-order valence-electron chi connectivity index (χ0n) is 9.61. The van der Waals surface area contributed by atoms with Gasteiger partial charge in [-0.2, -0.15) is 8.78 Å². The van der Waals surface area contributed by atoms with E-state index in [9.17, 15) is 17.6 Å². The van der Waals surface area contributed by atoms with Crippen molar-refractivity contribution in [2.24, 2.45) is 0 Å². The number of hydrogen-bond donors (Lipinski definition) is 1. The van der Waals surface area contributed by atoms with E-state index in [0.717, 1.165) is 12.8 Å². The highest BCUT2D eigenvalue weighted by molar-refractivity contribution is 4.68. The summed E-state index contributed by atoms with van der Waals surface area (Å²) in [6.45, 7) is 0.883. The van der Waals surface area contributed by atoms with Crippen LogP contribution in [0, 0.1) is 0 Å². The van der Waals surface area contributed by atoms with Gasteiger partial charge >= 0.3 is 12.3 Å². The zero-order chi connectivity index (χ0) is 12.6. The zero-order valence-corrected chi connectivity index (χ0v) is 9.61. The molecule has 1 unspecified atom stereocenters. The van der Waals surface area contributed by atoms with Crippen LogP contribution >= 0.6 is 0 Å². The first-order valence-electron chi connectivity index (χ1n) is 5.35. The molecule has 0 radical (unpaired) electrons. The second-order valence-corrected chi connectivity index (χ2v) is 3.65. The Morgan fingerprint density at radius 1 is 1.31 bits per heavy atom. The average molecular weight is 245 g/mol. The molecule has 0 aliphatic rings. The Hall–Kier alpha value is -0.360. The summed E-state index contributed by atoms with van der Waals surface area (Å²) in [4.78, 5) is 0. The second kappa shape index (κ2) is 7.84. The third-order valence-electron chi connectivity index (χ3n) is 2.36. The van der Waals surface area contributed by atoms with Crippen LogP contribution in [0.2, 0.25) is 0 Å². The molecule has 0 aliphatic carbocycles. The Bertz CT molecular complexity index is 174. The monoisotopic (exact) mass is 245 g/mol. The molecule has 16 heavy (non-hydrogen) atoms. The molecule has 1 N–H and O–H groups in total. The molecule has 0 amide bonds. The highest BCUT2D eigenvalue weighted by Gasteiger charge is 2.40. The van der Waals surface area contributed by atoms with E-state index in [1.54, 1.807) is 0 Å². The third-order valence-corrected chi connectivity index (χ3v) is 2.36. The van der Waals surface area contributed by atoms with Crippen molar-refractivity contribution in [1.29, 1.82) is 0 Å². The summed E-state index contributed by atoms with van der Waals surface area (Å²) in [5, 5.41) is 3.05. The maximum atomic E-state index is 12.4. The quantitative estimate of drug-likeness (QED) is 0.498. The van der Waals surface area contributed by atoms with Crippen molar-refractivity contribution in [2.45, 2.75) is 44.6 Å². The lowest BCUT2D eigenvalue weighted by Crippen LogP contribution is -2.32. The van der Waals surface area contributed by atoms with Crippen molar-refractivity contribution < 1.29 is 22.3 Å². The molecular formula is C10H19F4NO. The number of hydrogen-bond acceptors (Lipinski definition) is 2. The van der Waals surface area contributed by atoms with Crippen molar-refractivity contribution in [3.63, 3.8) is 0 Å². The highest BCUT2D eigenvalue weighted by atomic mass is 19.3. The van der Waals surface area contributed by atoms with E-state index in [4.69, 9.17) is 0 Å². The van der Waals surface area contributed by atoms with E-state index < -0.39 is 19.0 Å². The fourth-order valence-electron chi connectivity index (χ4n) is 1.26. The van der Waals surface area contributed by atoms with Gasteiger partial charge in [0, 0.05) is 12.6 Å². The minimum absolute atomic E-state index is 0.0838. The van der Waals surface area contributed by atoms with Crippen molar-refractivity contribution >= 4 is 0 Å². The van der Waals surface area contributed by atoms with Crippen LogP contribution in [0.25, 0.3) is 0 Å². The smallest absolute Gasteiger partial charge is 0.330 e. The van der Waals surface area contributed by atoms with Gasteiger partial charge < -0.3 is 10.1 Å². The van der Waals surface area contributed by atoms with Crippen LogP contribution in [0.15, 0.2) is 0 Å². The number of ether oxygens (including phenoxy) is 1. The van der Waals surface area contributed by atoms with Gasteiger partial charge in [-0.25, -0.2) is 8.78 Å². The minimum Gasteiger partial charge on any atom is -0.375 e. The molecule has 0 bridgehead atoms. The molecule has 6 heteroatoms. The molecule has 0 aromatic carbocycles. The summed E-state index contributed by atoms with van der Waals surface area (Å²) in [5.74, 6) is -4.03. The topological polar surface area (TPSA) is 21.3 Å². The third kappa shape index (κ3) is 6.27. The van der Waals surface area contributed by atoms with Gasteiger partial charge in [0.05, 0.1) is 0 Å². The predicted molar refractivity (Wildman–Crippen MR) is 54.1 cm³/mol. The molecule has 0 aromatic rings. The van der Waals surface area contributed by atoms with Gasteiger partial charge in [0.1, 0.15) is 6.61 Å². The molecule has 2 nitrogen and oxygen atoms in total. The molecular weight excluding hydrogens is 226 g/mol. The summed E-state index contributed by atoms with van der Waals surface area (Å²) >= 11 is 0. The number of halogens is 4. The molecule has 0 rings (SSSR count). The fraction of sp³-hybridized carbons (Fsp3) is 1.00. The van der Waals surface area contributed by atoms with Crippen molar-refractivity contribution in [2.75, 3.05) is 20.3 Å². The van der Waals surface area contributed by atoms with Gasteiger partial charge in [0.15, 0.2) is 0 Å². The summed E-state index contributed by atoms with van der Waals surface area (Å²) in [7, 11) is 1.82. The summed E-state index contributed by atoms with van der Waals surface area (Å²) < 4.78 is 52.7. The lowest BCUT2D eigenvalue weighted by molar-refractivity contribution is -0.166. The van der Waals surface area contributed by atoms with E-state index in [2.05, 4.69) is 10.1 Å². The van der Waals surface area contributed by atoms with Gasteiger partial charge in [0.25, 0.3) is 0 Å². The standard InChI is InChI=1S/C10H19F4NO/c1-3-8(15-2)5-4-6-16-7-10(13,14)9(11)12/h8-9,15H,3-7H2,1-2H3. The van der Waals surface area contributed by atoms with Gasteiger partial charge in [-0.05, 0) is 26.3 Å². The lowest BCUT2D eigenvalue weighted by Gasteiger charge is -2.16. The molecule has 0 saturated heterocycles. The largest absolute Gasteiger partial charge is 0.375 e. The first-order valence-corrected chi connectivity index (χ1v) is 5.35. The second-order valence-electron chi connectivity index (χ2n) is 3.65. The first-order chi connectivity index (χ1) is 7.44. The maximum absolute atomic E-state index is 12.4. The fourth-order valence-corrected chi connectivity index (χ4v) is 1.26. The Labute approximate surface area is 93.3 Å². The number of nitrogens with one attached hydrogen (secondary N) is 1. The van der Waals surface area contributed by atoms with E-state index >= 15 is 0 Å². The van der Waals surface area contributed by atoms with Crippen molar-refractivity contribution in [1.82, 2.24) is 5.32 Å². The van der Waals surface area contributed by atoms with E-state index in [1.807, 2.05) is 14.0 Å². The van der Waals surface area contributed by atoms with E-state index in [1.165, 1.54) is 0 Å². The predicted octanol–water partition coefficient (Wildman–Crippen LogP) is 2.68. The molecule has 1 atom stereocenters. The Balaban J connectivity index is 3.53. The van der Waals surface area contributed by atoms with Crippen LogP contribution in [-0.4, -0.2) is 38.7 Å². The van der Waals surface area contributed by atoms with Crippen molar-refractivity contribution in [3.8, 4) is 0 Å². The lowest BCUT2D eigenvalue weighted by atomic mass is 10.1. The van der Waals surface area contributed by atoms with Gasteiger partial charge in [0.2, 0.25) is 0 Å². The van der Waals surface area contributed by atoms with Gasteiger partial charge in [-0.15, -0.1) is 0 Å². The van der Waals surface area contributed by atoms with Crippen molar-refractivity contribution in [3.05, 3.63) is 0 Å². The molecule has 0 fully saturated rings. The Morgan fingerprint density at radius 2 is 1.94 bits per heavy atom. The summed E-state index contributed by atoms with van der Waals surface area (Å²) in [6, 6.07) is 0.319. The molecule has 0 spiro atoms. The molecule has 98 valence electrons. The summed E-state index contributed by atoms with van der Waals surface area (Å²) in [6.07, 6.45) is -1.36. The van der Waals surface area contributed by atoms with Crippen LogP contribution < -0.4 is 5.32 Å². The first kappa shape index (κ1) is 15.6. The summed E-state index contributed by atoms with van der Waals surface area (Å²) in [5.41, 5.74) is 0. The Morgan fingerprint density at radius 3 is 2.38 bits per heavy atom. The van der Waals surface area contributed by atoms with Crippen LogP contribution in [0.1, 0.15) is 26.2 Å². The van der Waals surface area contributed by atoms with E-state index in [0.29, 0.717) is 12.5 Å². The van der Waals surface area contributed by atoms with E-state index in [-0.39, 0.29) is 6.61 Å². The molecule has 0 aromatic heterocycles. The maximum Gasteiger partial charge on any atom is 0.330 e. The van der Waals surface area contributed by atoms with Crippen LogP contribution in [0.5, 0.6) is 0 Å². The van der Waals surface area contributed by atoms with Crippen LogP contribution in [0.4, 0.5) is 17.6 Å². The minimum atomic E-state index is -4.03. The SMILES string of the molecule is CCC(CCCOCC(F)(F)C(F)F)NC. The average Bonchev–Trinajstić information content (AvgIpc) is 2.23.